The summed E-state index contributed by atoms with van der Waals surface area (Å²) in [5, 5.41) is 2.65. The Hall–Kier alpha value is -1.10. The number of hydrogen-bond acceptors (Lipinski definition) is 4. The van der Waals surface area contributed by atoms with Crippen LogP contribution in [0.15, 0.2) is 0 Å². The summed E-state index contributed by atoms with van der Waals surface area (Å²) in [6.45, 7) is 8.06. The highest BCUT2D eigenvalue weighted by molar-refractivity contribution is 5.85. The fraction of sp³-hybridized carbons (Fsp3) is 0.833. The molecular formula is C12H21NO4. The molecule has 0 saturated carbocycles. The van der Waals surface area contributed by atoms with Crippen LogP contribution in [-0.2, 0) is 19.1 Å². The van der Waals surface area contributed by atoms with Gasteiger partial charge >= 0.3 is 5.97 Å². The molecule has 0 aromatic rings. The Kier molecular flexibility index (Phi) is 4.51. The van der Waals surface area contributed by atoms with Crippen molar-refractivity contribution >= 4 is 11.9 Å². The van der Waals surface area contributed by atoms with Gasteiger partial charge in [0.1, 0.15) is 11.6 Å². The second-order valence-electron chi connectivity index (χ2n) is 5.32. The highest BCUT2D eigenvalue weighted by atomic mass is 16.6. The molecule has 2 atom stereocenters. The highest BCUT2D eigenvalue weighted by Gasteiger charge is 2.28. The maximum atomic E-state index is 11.7. The first-order valence-corrected chi connectivity index (χ1v) is 5.90. The van der Waals surface area contributed by atoms with E-state index in [9.17, 15) is 9.59 Å². The Morgan fingerprint density at radius 2 is 2.06 bits per heavy atom. The van der Waals surface area contributed by atoms with Crippen molar-refractivity contribution < 1.29 is 19.1 Å². The first-order valence-electron chi connectivity index (χ1n) is 5.90. The van der Waals surface area contributed by atoms with Crippen molar-refractivity contribution in [3.63, 3.8) is 0 Å². The zero-order valence-corrected chi connectivity index (χ0v) is 10.9. The van der Waals surface area contributed by atoms with Gasteiger partial charge in [0.05, 0.1) is 12.5 Å². The van der Waals surface area contributed by atoms with E-state index in [1.165, 1.54) is 0 Å². The van der Waals surface area contributed by atoms with Crippen LogP contribution < -0.4 is 5.32 Å². The lowest BCUT2D eigenvalue weighted by atomic mass is 10.1. The lowest BCUT2D eigenvalue weighted by Crippen LogP contribution is -2.44. The molecule has 1 N–H and O–H groups in total. The summed E-state index contributed by atoms with van der Waals surface area (Å²) >= 11 is 0. The van der Waals surface area contributed by atoms with Gasteiger partial charge < -0.3 is 14.8 Å². The van der Waals surface area contributed by atoms with Gasteiger partial charge in [-0.1, -0.05) is 0 Å². The summed E-state index contributed by atoms with van der Waals surface area (Å²) in [5.41, 5.74) is -0.535. The Morgan fingerprint density at radius 1 is 1.41 bits per heavy atom. The van der Waals surface area contributed by atoms with Crippen LogP contribution in [0.5, 0.6) is 0 Å². The molecule has 17 heavy (non-hydrogen) atoms. The van der Waals surface area contributed by atoms with E-state index in [0.29, 0.717) is 19.6 Å². The minimum Gasteiger partial charge on any atom is -0.458 e. The molecule has 0 radical (unpaired) electrons. The quantitative estimate of drug-likeness (QED) is 0.747. The minimum atomic E-state index is -0.623. The normalized spacial score (nSPS) is 22.0. The molecule has 1 aliphatic rings. The molecule has 1 aliphatic heterocycles. The van der Waals surface area contributed by atoms with Crippen LogP contribution in [0.2, 0.25) is 0 Å². The molecule has 0 bridgehead atoms. The number of rotatable bonds is 3. The van der Waals surface area contributed by atoms with Crippen molar-refractivity contribution in [3.05, 3.63) is 0 Å². The lowest BCUT2D eigenvalue weighted by Gasteiger charge is -2.23. The van der Waals surface area contributed by atoms with E-state index in [-0.39, 0.29) is 11.8 Å². The molecule has 1 amide bonds. The fourth-order valence-electron chi connectivity index (χ4n) is 1.52. The average molecular weight is 243 g/mol. The van der Waals surface area contributed by atoms with Gasteiger partial charge in [0.2, 0.25) is 5.91 Å². The molecule has 98 valence electrons. The summed E-state index contributed by atoms with van der Waals surface area (Å²) < 4.78 is 10.3. The van der Waals surface area contributed by atoms with Crippen LogP contribution in [0.25, 0.3) is 0 Å². The van der Waals surface area contributed by atoms with Gasteiger partial charge in [-0.3, -0.25) is 4.79 Å². The first kappa shape index (κ1) is 14.0. The number of carbonyl (C=O) groups excluding carboxylic acids is 2. The van der Waals surface area contributed by atoms with Gasteiger partial charge in [-0.05, 0) is 34.1 Å². The number of esters is 1. The Labute approximate surface area is 102 Å². The van der Waals surface area contributed by atoms with Crippen molar-refractivity contribution in [3.8, 4) is 0 Å². The number of hydrogen-bond donors (Lipinski definition) is 1. The van der Waals surface area contributed by atoms with Crippen LogP contribution in [0, 0.1) is 5.92 Å². The molecule has 0 aliphatic carbocycles. The van der Waals surface area contributed by atoms with Crippen molar-refractivity contribution in [2.45, 2.75) is 45.8 Å². The number of amides is 1. The molecule has 1 heterocycles. The van der Waals surface area contributed by atoms with E-state index in [2.05, 4.69) is 5.32 Å². The van der Waals surface area contributed by atoms with Crippen molar-refractivity contribution in [2.24, 2.45) is 5.92 Å². The van der Waals surface area contributed by atoms with E-state index in [4.69, 9.17) is 9.47 Å². The Morgan fingerprint density at radius 3 is 2.53 bits per heavy atom. The smallest absolute Gasteiger partial charge is 0.328 e. The van der Waals surface area contributed by atoms with Crippen molar-refractivity contribution in [2.75, 3.05) is 13.2 Å². The molecule has 5 heteroatoms. The van der Waals surface area contributed by atoms with Crippen LogP contribution in [0.4, 0.5) is 0 Å². The summed E-state index contributed by atoms with van der Waals surface area (Å²) in [6, 6.07) is -0.623. The molecular weight excluding hydrogens is 222 g/mol. The van der Waals surface area contributed by atoms with E-state index in [0.717, 1.165) is 0 Å². The zero-order valence-electron chi connectivity index (χ0n) is 10.9. The van der Waals surface area contributed by atoms with Gasteiger partial charge in [-0.2, -0.15) is 0 Å². The summed E-state index contributed by atoms with van der Waals surface area (Å²) in [5.74, 6) is -0.689. The zero-order chi connectivity index (χ0) is 13.1. The van der Waals surface area contributed by atoms with Gasteiger partial charge in [-0.25, -0.2) is 4.79 Å². The molecule has 1 unspecified atom stereocenters. The topological polar surface area (TPSA) is 64.6 Å². The SMILES string of the molecule is C[C@H](NC(=O)C1CCOC1)C(=O)OC(C)(C)C. The maximum absolute atomic E-state index is 11.7. The first-order chi connectivity index (χ1) is 7.79. The summed E-state index contributed by atoms with van der Waals surface area (Å²) in [4.78, 5) is 23.4. The standard InChI is InChI=1S/C12H21NO4/c1-8(11(15)17-12(2,3)4)13-10(14)9-5-6-16-7-9/h8-9H,5-7H2,1-4H3,(H,13,14)/t8-,9?/m0/s1. The molecule has 0 aromatic heterocycles. The van der Waals surface area contributed by atoms with Gasteiger partial charge in [-0.15, -0.1) is 0 Å². The number of carbonyl (C=O) groups is 2. The fourth-order valence-corrected chi connectivity index (χ4v) is 1.52. The van der Waals surface area contributed by atoms with E-state index >= 15 is 0 Å². The van der Waals surface area contributed by atoms with Gasteiger partial charge in [0.15, 0.2) is 0 Å². The largest absolute Gasteiger partial charge is 0.458 e. The second kappa shape index (κ2) is 5.49. The molecule has 5 nitrogen and oxygen atoms in total. The Balaban J connectivity index is 2.40. The number of ether oxygens (including phenoxy) is 2. The van der Waals surface area contributed by atoms with E-state index in [1.807, 2.05) is 0 Å². The number of nitrogens with one attached hydrogen (secondary N) is 1. The van der Waals surface area contributed by atoms with Gasteiger partial charge in [0, 0.05) is 6.61 Å². The van der Waals surface area contributed by atoms with Crippen LogP contribution in [0.3, 0.4) is 0 Å². The molecule has 0 aromatic carbocycles. The van der Waals surface area contributed by atoms with E-state index < -0.39 is 17.6 Å². The van der Waals surface area contributed by atoms with Crippen LogP contribution >= 0.6 is 0 Å². The second-order valence-corrected chi connectivity index (χ2v) is 5.32. The van der Waals surface area contributed by atoms with Gasteiger partial charge in [0.25, 0.3) is 0 Å². The van der Waals surface area contributed by atoms with Crippen molar-refractivity contribution in [1.29, 1.82) is 0 Å². The van der Waals surface area contributed by atoms with E-state index in [1.54, 1.807) is 27.7 Å². The Bertz CT molecular complexity index is 289. The third-order valence-electron chi connectivity index (χ3n) is 2.42. The van der Waals surface area contributed by atoms with Crippen molar-refractivity contribution in [1.82, 2.24) is 5.32 Å². The third-order valence-corrected chi connectivity index (χ3v) is 2.42. The maximum Gasteiger partial charge on any atom is 0.328 e. The average Bonchev–Trinajstić information content (AvgIpc) is 2.67. The monoisotopic (exact) mass is 243 g/mol. The molecule has 1 saturated heterocycles. The molecule has 1 rings (SSSR count). The third kappa shape index (κ3) is 4.73. The van der Waals surface area contributed by atoms with Crippen LogP contribution in [-0.4, -0.2) is 36.7 Å². The predicted octanol–water partition coefficient (Wildman–Crippen LogP) is 0.869. The molecule has 1 fully saturated rings. The lowest BCUT2D eigenvalue weighted by molar-refractivity contribution is -0.158. The summed E-state index contributed by atoms with van der Waals surface area (Å²) in [6.07, 6.45) is 0.715. The predicted molar refractivity (Wildman–Crippen MR) is 62.4 cm³/mol. The minimum absolute atomic E-state index is 0.138. The summed E-state index contributed by atoms with van der Waals surface area (Å²) in [7, 11) is 0. The van der Waals surface area contributed by atoms with Crippen LogP contribution in [0.1, 0.15) is 34.1 Å². The molecule has 0 spiro atoms. The highest BCUT2D eigenvalue weighted by Crippen LogP contribution is 2.13.